The molecule has 1 unspecified atom stereocenters. The number of aromatic nitrogens is 1. The van der Waals surface area contributed by atoms with Crippen molar-refractivity contribution in [1.29, 1.82) is 0 Å². The number of amides is 2. The summed E-state index contributed by atoms with van der Waals surface area (Å²) in [5.74, 6) is -0.827. The van der Waals surface area contributed by atoms with E-state index < -0.39 is 5.91 Å². The minimum atomic E-state index is -0.512. The third-order valence-electron chi connectivity index (χ3n) is 11.3. The van der Waals surface area contributed by atoms with E-state index in [1.54, 1.807) is 0 Å². The number of hydrogen-bond acceptors (Lipinski definition) is 3. The van der Waals surface area contributed by atoms with Gasteiger partial charge in [-0.25, -0.2) is 0 Å². The smallest absolute Gasteiger partial charge is 0.264 e. The number of nitrogens with zero attached hydrogens (tertiary/aromatic N) is 2. The summed E-state index contributed by atoms with van der Waals surface area (Å²) < 4.78 is 2.45. The lowest BCUT2D eigenvalue weighted by molar-refractivity contribution is -0.141. The van der Waals surface area contributed by atoms with Gasteiger partial charge in [0.1, 0.15) is 0 Å². The molecule has 5 aromatic rings. The fraction of sp³-hybridized carbons (Fsp3) is 0.340. The molecular formula is C50H56N2O3. The molecule has 0 saturated heterocycles. The second kappa shape index (κ2) is 17.0. The Bertz CT molecular complexity index is 2460. The molecule has 2 amide bonds. The normalized spacial score (nSPS) is 17.0. The maximum Gasteiger partial charge on any atom is 0.264 e. The van der Waals surface area contributed by atoms with Crippen molar-refractivity contribution in [2.24, 2.45) is 0 Å². The van der Waals surface area contributed by atoms with Gasteiger partial charge in [0.15, 0.2) is 5.78 Å². The lowest BCUT2D eigenvalue weighted by Crippen LogP contribution is -2.39. The van der Waals surface area contributed by atoms with Gasteiger partial charge < -0.3 is 4.57 Å². The zero-order valence-electron chi connectivity index (χ0n) is 34.0. The first-order chi connectivity index (χ1) is 26.5. The Morgan fingerprint density at radius 1 is 0.764 bits per heavy atom. The van der Waals surface area contributed by atoms with E-state index in [0.717, 1.165) is 41.3 Å². The van der Waals surface area contributed by atoms with E-state index in [9.17, 15) is 14.4 Å². The minimum absolute atomic E-state index is 0.0889. The van der Waals surface area contributed by atoms with Crippen molar-refractivity contribution < 1.29 is 14.4 Å². The van der Waals surface area contributed by atoms with E-state index in [4.69, 9.17) is 0 Å². The number of Topliss-reactive ketones (excluding diaryl/α,β-unsaturated/α-hetero) is 1. The van der Waals surface area contributed by atoms with E-state index in [2.05, 4.69) is 136 Å². The van der Waals surface area contributed by atoms with E-state index in [1.165, 1.54) is 62.3 Å². The highest BCUT2D eigenvalue weighted by molar-refractivity contribution is 6.23. The molecule has 6 rings (SSSR count). The first-order valence-electron chi connectivity index (χ1n) is 20.2. The summed E-state index contributed by atoms with van der Waals surface area (Å²) in [6.45, 7) is 16.3. The van der Waals surface area contributed by atoms with Gasteiger partial charge in [-0.2, -0.15) is 0 Å². The van der Waals surface area contributed by atoms with Crippen LogP contribution in [0.2, 0.25) is 0 Å². The first kappa shape index (κ1) is 39.4. The predicted molar refractivity (Wildman–Crippen MR) is 231 cm³/mol. The number of carbonyl (C=O) groups is 3. The third-order valence-corrected chi connectivity index (χ3v) is 11.3. The number of fused-ring (bicyclic) bond motifs is 1. The molecule has 0 bridgehead atoms. The molecule has 4 aromatic carbocycles. The van der Waals surface area contributed by atoms with Gasteiger partial charge in [0, 0.05) is 41.1 Å². The second-order valence-corrected chi connectivity index (χ2v) is 15.5. The minimum Gasteiger partial charge on any atom is -0.338 e. The van der Waals surface area contributed by atoms with E-state index in [0.29, 0.717) is 30.8 Å². The number of ketones is 1. The van der Waals surface area contributed by atoms with Crippen LogP contribution in [-0.4, -0.2) is 33.6 Å². The van der Waals surface area contributed by atoms with Crippen LogP contribution < -0.4 is 5.35 Å². The Hall–Kier alpha value is -5.29. The standard InChI is InChI=1S/C50H56N2O3/c1-9-11-31-51(36(8)54)50(55)46(35(7)53)47-39(26-25-33(5)42-22-13-18-37-17-12-21-41(32(3)4)48(37)42)27-28-40(47)29-30-44-43-23-14-19-38-20-15-24-45(49(38)43)52(44)34(6)16-10-2/h12-15,17-26,29-30,32,34H,9-11,16,27-28,31H2,1-8H3/b33-25-,39-26+,40-29+,44-30+,47-46+. The van der Waals surface area contributed by atoms with E-state index >= 15 is 0 Å². The molecule has 284 valence electrons. The predicted octanol–water partition coefficient (Wildman–Crippen LogP) is 11.7. The summed E-state index contributed by atoms with van der Waals surface area (Å²) in [6.07, 6.45) is 13.5. The molecule has 1 aliphatic carbocycles. The zero-order chi connectivity index (χ0) is 39.4. The molecule has 1 aromatic heterocycles. The van der Waals surface area contributed by atoms with Gasteiger partial charge in [-0.1, -0.05) is 125 Å². The number of allylic oxidation sites excluding steroid dienone is 7. The van der Waals surface area contributed by atoms with Crippen LogP contribution in [0.3, 0.4) is 0 Å². The van der Waals surface area contributed by atoms with Crippen molar-refractivity contribution in [3.63, 3.8) is 0 Å². The first-order valence-corrected chi connectivity index (χ1v) is 20.2. The van der Waals surface area contributed by atoms with Crippen LogP contribution in [0.25, 0.3) is 44.1 Å². The summed E-state index contributed by atoms with van der Waals surface area (Å²) in [5.41, 5.74) is 7.40. The van der Waals surface area contributed by atoms with Crippen molar-refractivity contribution >= 4 is 61.7 Å². The summed E-state index contributed by atoms with van der Waals surface area (Å²) in [5, 5.41) is 7.23. The Morgan fingerprint density at radius 2 is 1.40 bits per heavy atom. The molecule has 55 heavy (non-hydrogen) atoms. The zero-order valence-corrected chi connectivity index (χ0v) is 34.0. The molecule has 1 aliphatic rings. The molecule has 1 heterocycles. The topological polar surface area (TPSA) is 59.4 Å². The molecule has 0 radical (unpaired) electrons. The maximum atomic E-state index is 14.4. The summed E-state index contributed by atoms with van der Waals surface area (Å²) >= 11 is 0. The third kappa shape index (κ3) is 7.80. The largest absolute Gasteiger partial charge is 0.338 e. The van der Waals surface area contributed by atoms with Crippen LogP contribution in [0.4, 0.5) is 0 Å². The summed E-state index contributed by atoms with van der Waals surface area (Å²) in [6, 6.07) is 26.2. The van der Waals surface area contributed by atoms with Crippen LogP contribution in [0.1, 0.15) is 117 Å². The molecule has 5 nitrogen and oxygen atoms in total. The van der Waals surface area contributed by atoms with Crippen LogP contribution in [0.5, 0.6) is 0 Å². The Kier molecular flexibility index (Phi) is 12.2. The highest BCUT2D eigenvalue weighted by atomic mass is 16.2. The number of unbranched alkanes of at least 4 members (excludes halogenated alkanes) is 1. The van der Waals surface area contributed by atoms with Crippen LogP contribution in [0.15, 0.2) is 113 Å². The number of carbonyl (C=O) groups excluding carboxylic acids is 3. The number of hydrogen-bond donors (Lipinski definition) is 0. The molecule has 0 N–H and O–H groups in total. The maximum absolute atomic E-state index is 14.4. The Balaban J connectivity index is 1.58. The molecule has 0 aliphatic heterocycles. The second-order valence-electron chi connectivity index (χ2n) is 15.5. The molecule has 1 atom stereocenters. The van der Waals surface area contributed by atoms with Crippen LogP contribution in [-0.2, 0) is 14.4 Å². The number of imide groups is 1. The van der Waals surface area contributed by atoms with E-state index in [-0.39, 0.29) is 29.9 Å². The fourth-order valence-corrected chi connectivity index (χ4v) is 8.53. The van der Waals surface area contributed by atoms with Crippen molar-refractivity contribution in [2.75, 3.05) is 6.54 Å². The monoisotopic (exact) mass is 732 g/mol. The van der Waals surface area contributed by atoms with Gasteiger partial charge in [0.05, 0.1) is 5.57 Å². The molecule has 0 spiro atoms. The van der Waals surface area contributed by atoms with Gasteiger partial charge in [-0.15, -0.1) is 0 Å². The number of benzene rings is 4. The van der Waals surface area contributed by atoms with E-state index in [1.807, 2.05) is 6.92 Å². The molecular weight excluding hydrogens is 677 g/mol. The van der Waals surface area contributed by atoms with Crippen molar-refractivity contribution in [2.45, 2.75) is 106 Å². The Labute approximate surface area is 326 Å². The molecule has 1 saturated carbocycles. The SMILES string of the molecule is CCCCN(C(C)=O)C(=O)/C(C(C)=O)=C1C(=C\C=C(\C)c2cccc3cccc(C(C)C)c23)\CCC\1=C/C=c1\c2cccc3cccc(c32)n1C(C)CCC. The highest BCUT2D eigenvalue weighted by Gasteiger charge is 2.32. The highest BCUT2D eigenvalue weighted by Crippen LogP contribution is 2.40. The molecule has 1 fully saturated rings. The van der Waals surface area contributed by atoms with Gasteiger partial charge in [-0.3, -0.25) is 19.3 Å². The van der Waals surface area contributed by atoms with Crippen LogP contribution >= 0.6 is 0 Å². The lowest BCUT2D eigenvalue weighted by atomic mass is 9.90. The van der Waals surface area contributed by atoms with Gasteiger partial charge >= 0.3 is 0 Å². The average molecular weight is 733 g/mol. The van der Waals surface area contributed by atoms with Gasteiger partial charge in [-0.05, 0) is 114 Å². The fourth-order valence-electron chi connectivity index (χ4n) is 8.53. The Morgan fingerprint density at radius 3 is 2.04 bits per heavy atom. The van der Waals surface area contributed by atoms with Gasteiger partial charge in [0.25, 0.3) is 5.91 Å². The van der Waals surface area contributed by atoms with Crippen molar-refractivity contribution in [1.82, 2.24) is 9.47 Å². The van der Waals surface area contributed by atoms with Gasteiger partial charge in [0.2, 0.25) is 5.91 Å². The number of rotatable bonds is 12. The molecule has 5 heteroatoms. The quantitative estimate of drug-likeness (QED) is 0.0729. The summed E-state index contributed by atoms with van der Waals surface area (Å²) in [4.78, 5) is 42.3. The lowest BCUT2D eigenvalue weighted by Gasteiger charge is -2.21. The summed E-state index contributed by atoms with van der Waals surface area (Å²) in [7, 11) is 0. The van der Waals surface area contributed by atoms with Crippen molar-refractivity contribution in [3.8, 4) is 0 Å². The van der Waals surface area contributed by atoms with Crippen molar-refractivity contribution in [3.05, 3.63) is 130 Å². The van der Waals surface area contributed by atoms with Crippen LogP contribution in [0, 0.1) is 0 Å². The average Bonchev–Trinajstić information content (AvgIpc) is 3.71.